The van der Waals surface area contributed by atoms with E-state index in [-0.39, 0.29) is 6.10 Å². The van der Waals surface area contributed by atoms with Crippen molar-refractivity contribution in [2.24, 2.45) is 5.92 Å². The van der Waals surface area contributed by atoms with Crippen LogP contribution in [0.25, 0.3) is 0 Å². The molecule has 0 bridgehead atoms. The third-order valence-corrected chi connectivity index (χ3v) is 1.68. The SMILES string of the molecule is CC1=C[C@H](O)[C@@H](C)C1. The first-order valence-electron chi connectivity index (χ1n) is 3.05. The van der Waals surface area contributed by atoms with Gasteiger partial charge < -0.3 is 5.11 Å². The molecule has 1 aliphatic rings. The summed E-state index contributed by atoms with van der Waals surface area (Å²) in [5, 5.41) is 9.09. The average Bonchev–Trinajstić information content (AvgIpc) is 1.85. The lowest BCUT2D eigenvalue weighted by molar-refractivity contribution is 0.175. The lowest BCUT2D eigenvalue weighted by Crippen LogP contribution is -2.07. The van der Waals surface area contributed by atoms with Crippen molar-refractivity contribution in [2.45, 2.75) is 26.4 Å². The van der Waals surface area contributed by atoms with Crippen LogP contribution in [0, 0.1) is 5.92 Å². The zero-order valence-electron chi connectivity index (χ0n) is 5.39. The first-order valence-corrected chi connectivity index (χ1v) is 3.05. The van der Waals surface area contributed by atoms with Crippen LogP contribution in [-0.2, 0) is 0 Å². The van der Waals surface area contributed by atoms with Crippen LogP contribution in [0.4, 0.5) is 0 Å². The summed E-state index contributed by atoms with van der Waals surface area (Å²) in [6.07, 6.45) is 2.83. The van der Waals surface area contributed by atoms with Crippen LogP contribution < -0.4 is 0 Å². The van der Waals surface area contributed by atoms with Crippen molar-refractivity contribution in [3.63, 3.8) is 0 Å². The zero-order valence-corrected chi connectivity index (χ0v) is 5.39. The molecule has 1 N–H and O–H groups in total. The molecule has 0 aromatic rings. The van der Waals surface area contributed by atoms with Gasteiger partial charge >= 0.3 is 0 Å². The molecule has 0 amide bonds. The Morgan fingerprint density at radius 2 is 2.38 bits per heavy atom. The maximum atomic E-state index is 9.09. The summed E-state index contributed by atoms with van der Waals surface area (Å²) in [6.45, 7) is 4.13. The Hall–Kier alpha value is -0.300. The van der Waals surface area contributed by atoms with Gasteiger partial charge in [-0.05, 0) is 19.3 Å². The van der Waals surface area contributed by atoms with Gasteiger partial charge in [0.15, 0.2) is 0 Å². The number of hydrogen-bond donors (Lipinski definition) is 1. The van der Waals surface area contributed by atoms with Gasteiger partial charge in [0.05, 0.1) is 6.10 Å². The Labute approximate surface area is 50.0 Å². The second-order valence-electron chi connectivity index (χ2n) is 2.69. The van der Waals surface area contributed by atoms with Crippen LogP contribution in [0.15, 0.2) is 11.6 Å². The highest BCUT2D eigenvalue weighted by Crippen LogP contribution is 2.23. The fourth-order valence-electron chi connectivity index (χ4n) is 1.15. The molecular formula is C7H12O. The van der Waals surface area contributed by atoms with Crippen molar-refractivity contribution in [1.82, 2.24) is 0 Å². The summed E-state index contributed by atoms with van der Waals surface area (Å²) in [7, 11) is 0. The standard InChI is InChI=1S/C7H12O/c1-5-3-6(2)7(8)4-5/h4,6-8H,3H2,1-2H3/t6-,7-/m0/s1. The van der Waals surface area contributed by atoms with Crippen LogP contribution >= 0.6 is 0 Å². The zero-order chi connectivity index (χ0) is 6.15. The maximum Gasteiger partial charge on any atom is 0.0751 e. The molecule has 0 saturated heterocycles. The Balaban J connectivity index is 2.56. The Kier molecular flexibility index (Phi) is 1.39. The van der Waals surface area contributed by atoms with Crippen molar-refractivity contribution < 1.29 is 5.11 Å². The molecule has 46 valence electrons. The topological polar surface area (TPSA) is 20.2 Å². The van der Waals surface area contributed by atoms with Gasteiger partial charge in [-0.3, -0.25) is 0 Å². The largest absolute Gasteiger partial charge is 0.389 e. The summed E-state index contributed by atoms with van der Waals surface area (Å²) in [6, 6.07) is 0. The molecule has 0 aromatic heterocycles. The fourth-order valence-corrected chi connectivity index (χ4v) is 1.15. The predicted molar refractivity (Wildman–Crippen MR) is 33.5 cm³/mol. The molecule has 0 radical (unpaired) electrons. The highest BCUT2D eigenvalue weighted by atomic mass is 16.3. The number of allylic oxidation sites excluding steroid dienone is 1. The Morgan fingerprint density at radius 3 is 2.50 bits per heavy atom. The summed E-state index contributed by atoms with van der Waals surface area (Å²) < 4.78 is 0. The fraction of sp³-hybridized carbons (Fsp3) is 0.714. The molecule has 0 heterocycles. The van der Waals surface area contributed by atoms with Crippen molar-refractivity contribution in [3.8, 4) is 0 Å². The molecule has 8 heavy (non-hydrogen) atoms. The van der Waals surface area contributed by atoms with E-state index in [0.29, 0.717) is 5.92 Å². The molecule has 0 spiro atoms. The van der Waals surface area contributed by atoms with E-state index in [0.717, 1.165) is 6.42 Å². The van der Waals surface area contributed by atoms with Crippen LogP contribution in [0.5, 0.6) is 0 Å². The number of aliphatic hydroxyl groups excluding tert-OH is 1. The highest BCUT2D eigenvalue weighted by molar-refractivity contribution is 5.11. The summed E-state index contributed by atoms with van der Waals surface area (Å²) in [4.78, 5) is 0. The normalized spacial score (nSPS) is 37.6. The van der Waals surface area contributed by atoms with Gasteiger partial charge in [-0.25, -0.2) is 0 Å². The molecule has 1 heteroatoms. The minimum atomic E-state index is -0.171. The summed E-state index contributed by atoms with van der Waals surface area (Å²) in [5.74, 6) is 0.454. The lowest BCUT2D eigenvalue weighted by Gasteiger charge is -2.04. The van der Waals surface area contributed by atoms with Crippen LogP contribution in [0.1, 0.15) is 20.3 Å². The predicted octanol–water partition coefficient (Wildman–Crippen LogP) is 1.33. The van der Waals surface area contributed by atoms with Crippen LogP contribution in [0.3, 0.4) is 0 Å². The highest BCUT2D eigenvalue weighted by Gasteiger charge is 2.18. The quantitative estimate of drug-likeness (QED) is 0.469. The molecule has 1 nitrogen and oxygen atoms in total. The average molecular weight is 112 g/mol. The van der Waals surface area contributed by atoms with Gasteiger partial charge in [0.2, 0.25) is 0 Å². The van der Waals surface area contributed by atoms with E-state index in [1.165, 1.54) is 5.57 Å². The number of hydrogen-bond acceptors (Lipinski definition) is 1. The second-order valence-corrected chi connectivity index (χ2v) is 2.69. The molecule has 0 aromatic carbocycles. The lowest BCUT2D eigenvalue weighted by atomic mass is 10.1. The van der Waals surface area contributed by atoms with Gasteiger partial charge in [-0.2, -0.15) is 0 Å². The van der Waals surface area contributed by atoms with Crippen LogP contribution in [-0.4, -0.2) is 11.2 Å². The molecule has 1 rings (SSSR count). The van der Waals surface area contributed by atoms with Gasteiger partial charge in [-0.1, -0.05) is 18.6 Å². The van der Waals surface area contributed by atoms with Crippen molar-refractivity contribution in [3.05, 3.63) is 11.6 Å². The van der Waals surface area contributed by atoms with Gasteiger partial charge in [0.1, 0.15) is 0 Å². The molecule has 0 aliphatic heterocycles. The maximum absolute atomic E-state index is 9.09. The minimum absolute atomic E-state index is 0.171. The molecule has 0 saturated carbocycles. The summed E-state index contributed by atoms with van der Waals surface area (Å²) in [5.41, 5.74) is 1.32. The van der Waals surface area contributed by atoms with E-state index < -0.39 is 0 Å². The smallest absolute Gasteiger partial charge is 0.0751 e. The molecular weight excluding hydrogens is 100 g/mol. The third kappa shape index (κ3) is 0.920. The Morgan fingerprint density at radius 1 is 1.75 bits per heavy atom. The molecule has 1 aliphatic carbocycles. The van der Waals surface area contributed by atoms with E-state index in [1.807, 2.05) is 6.08 Å². The van der Waals surface area contributed by atoms with E-state index in [2.05, 4.69) is 13.8 Å². The molecule has 0 unspecified atom stereocenters. The van der Waals surface area contributed by atoms with E-state index in [1.54, 1.807) is 0 Å². The second kappa shape index (κ2) is 1.90. The van der Waals surface area contributed by atoms with E-state index >= 15 is 0 Å². The van der Waals surface area contributed by atoms with Crippen LogP contribution in [0.2, 0.25) is 0 Å². The minimum Gasteiger partial charge on any atom is -0.389 e. The number of rotatable bonds is 0. The summed E-state index contributed by atoms with van der Waals surface area (Å²) >= 11 is 0. The first-order chi connectivity index (χ1) is 3.70. The van der Waals surface area contributed by atoms with Gasteiger partial charge in [0, 0.05) is 0 Å². The molecule has 0 fully saturated rings. The van der Waals surface area contributed by atoms with E-state index in [9.17, 15) is 0 Å². The van der Waals surface area contributed by atoms with Gasteiger partial charge in [0.25, 0.3) is 0 Å². The van der Waals surface area contributed by atoms with Crippen molar-refractivity contribution in [2.75, 3.05) is 0 Å². The van der Waals surface area contributed by atoms with Crippen molar-refractivity contribution >= 4 is 0 Å². The van der Waals surface area contributed by atoms with E-state index in [4.69, 9.17) is 5.11 Å². The number of aliphatic hydroxyl groups is 1. The molecule has 2 atom stereocenters. The van der Waals surface area contributed by atoms with Gasteiger partial charge in [-0.15, -0.1) is 0 Å². The first kappa shape index (κ1) is 5.83. The monoisotopic (exact) mass is 112 g/mol. The Bertz CT molecular complexity index is 116. The third-order valence-electron chi connectivity index (χ3n) is 1.68. The van der Waals surface area contributed by atoms with Crippen molar-refractivity contribution in [1.29, 1.82) is 0 Å².